The minimum Gasteiger partial charge on any atom is -0.310 e. The highest BCUT2D eigenvalue weighted by atomic mass is 14.9. The normalized spacial score (nSPS) is 21.9. The minimum atomic E-state index is 0.824. The second-order valence-corrected chi connectivity index (χ2v) is 2.08. The van der Waals surface area contributed by atoms with Gasteiger partial charge in [-0.3, -0.25) is 0 Å². The van der Waals surface area contributed by atoms with Crippen LogP contribution in [-0.2, 0) is 0 Å². The van der Waals surface area contributed by atoms with E-state index in [9.17, 15) is 0 Å². The Hall–Kier alpha value is -0.0400. The van der Waals surface area contributed by atoms with E-state index in [0.29, 0.717) is 0 Å². The van der Waals surface area contributed by atoms with E-state index >= 15 is 0 Å². The predicted molar refractivity (Wildman–Crippen MR) is 30.7 cm³/mol. The van der Waals surface area contributed by atoms with Gasteiger partial charge >= 0.3 is 0 Å². The Morgan fingerprint density at radius 3 is 2.43 bits per heavy atom. The molecular formula is C6H12N. The van der Waals surface area contributed by atoms with Crippen LogP contribution in [0.25, 0.3) is 0 Å². The van der Waals surface area contributed by atoms with Gasteiger partial charge in [-0.25, -0.2) is 0 Å². The van der Waals surface area contributed by atoms with E-state index in [-0.39, 0.29) is 0 Å². The van der Waals surface area contributed by atoms with Crippen molar-refractivity contribution in [3.63, 3.8) is 0 Å². The second-order valence-electron chi connectivity index (χ2n) is 2.08. The lowest BCUT2D eigenvalue weighted by Gasteiger charge is -2.25. The summed E-state index contributed by atoms with van der Waals surface area (Å²) in [5, 5.41) is 3.26. The van der Waals surface area contributed by atoms with E-state index < -0.39 is 0 Å². The third-order valence-electron chi connectivity index (χ3n) is 1.51. The summed E-state index contributed by atoms with van der Waals surface area (Å²) in [5.74, 6) is 0. The Morgan fingerprint density at radius 1 is 1.57 bits per heavy atom. The topological polar surface area (TPSA) is 12.0 Å². The summed E-state index contributed by atoms with van der Waals surface area (Å²) in [6.45, 7) is 4.07. The molecule has 1 saturated carbocycles. The van der Waals surface area contributed by atoms with E-state index in [1.165, 1.54) is 19.3 Å². The van der Waals surface area contributed by atoms with Gasteiger partial charge in [-0.05, 0) is 19.8 Å². The Bertz CT molecular complexity index is 48.1. The van der Waals surface area contributed by atoms with Crippen molar-refractivity contribution < 1.29 is 0 Å². The van der Waals surface area contributed by atoms with Gasteiger partial charge in [0, 0.05) is 12.6 Å². The van der Waals surface area contributed by atoms with Gasteiger partial charge in [0.2, 0.25) is 0 Å². The van der Waals surface area contributed by atoms with Gasteiger partial charge in [-0.1, -0.05) is 6.42 Å². The van der Waals surface area contributed by atoms with E-state index in [2.05, 4.69) is 5.32 Å². The largest absolute Gasteiger partial charge is 0.310 e. The van der Waals surface area contributed by atoms with Crippen molar-refractivity contribution in [2.24, 2.45) is 0 Å². The van der Waals surface area contributed by atoms with Gasteiger partial charge in [0.1, 0.15) is 0 Å². The average Bonchev–Trinajstić information content (AvgIpc) is 1.55. The Labute approximate surface area is 45.1 Å². The van der Waals surface area contributed by atoms with Crippen LogP contribution in [0.5, 0.6) is 0 Å². The highest BCUT2D eigenvalue weighted by Gasteiger charge is 2.14. The number of hydrogen-bond acceptors (Lipinski definition) is 1. The minimum absolute atomic E-state index is 0.824. The first-order valence-corrected chi connectivity index (χ1v) is 2.97. The molecule has 1 rings (SSSR count). The predicted octanol–water partition coefficient (Wildman–Crippen LogP) is 1.31. The summed E-state index contributed by atoms with van der Waals surface area (Å²) in [5.41, 5.74) is 0. The van der Waals surface area contributed by atoms with Crippen LogP contribution >= 0.6 is 0 Å². The lowest BCUT2D eigenvalue weighted by atomic mass is 9.93. The maximum Gasteiger partial charge on any atom is 0.0192 e. The fraction of sp³-hybridized carbons (Fsp3) is 0.833. The lowest BCUT2D eigenvalue weighted by molar-refractivity contribution is 0.362. The van der Waals surface area contributed by atoms with Crippen LogP contribution in [-0.4, -0.2) is 6.04 Å². The Morgan fingerprint density at radius 2 is 2.29 bits per heavy atom. The molecule has 1 heteroatoms. The summed E-state index contributed by atoms with van der Waals surface area (Å²) < 4.78 is 0. The first-order chi connectivity index (χ1) is 3.43. The Balaban J connectivity index is 1.93. The van der Waals surface area contributed by atoms with E-state index in [4.69, 9.17) is 0 Å². The lowest BCUT2D eigenvalue weighted by Crippen LogP contribution is -2.32. The van der Waals surface area contributed by atoms with Crippen LogP contribution < -0.4 is 5.32 Å². The van der Waals surface area contributed by atoms with Crippen molar-refractivity contribution in [1.29, 1.82) is 0 Å². The SMILES string of the molecule is C[CH]NC1CCC1. The van der Waals surface area contributed by atoms with Crippen LogP contribution in [0.15, 0.2) is 0 Å². The first kappa shape index (κ1) is 5.10. The molecular weight excluding hydrogens is 86.1 g/mol. The molecule has 0 spiro atoms. The zero-order chi connectivity index (χ0) is 5.11. The summed E-state index contributed by atoms with van der Waals surface area (Å²) in [6.07, 6.45) is 4.18. The van der Waals surface area contributed by atoms with Crippen LogP contribution in [0.2, 0.25) is 0 Å². The zero-order valence-corrected chi connectivity index (χ0v) is 4.78. The van der Waals surface area contributed by atoms with Crippen LogP contribution in [0, 0.1) is 6.54 Å². The number of nitrogens with one attached hydrogen (secondary N) is 1. The molecule has 1 nitrogen and oxygen atoms in total. The number of hydrogen-bond donors (Lipinski definition) is 1. The van der Waals surface area contributed by atoms with Crippen molar-refractivity contribution >= 4 is 0 Å². The van der Waals surface area contributed by atoms with Gasteiger partial charge in [0.25, 0.3) is 0 Å². The molecule has 1 radical (unpaired) electrons. The molecule has 0 aliphatic heterocycles. The van der Waals surface area contributed by atoms with Crippen LogP contribution in [0.3, 0.4) is 0 Å². The average molecular weight is 98.2 g/mol. The standard InChI is InChI=1S/C6H12N/c1-2-7-6-4-3-5-6/h2,6-7H,3-5H2,1H3. The summed E-state index contributed by atoms with van der Waals surface area (Å²) >= 11 is 0. The van der Waals surface area contributed by atoms with Crippen molar-refractivity contribution in [2.75, 3.05) is 0 Å². The van der Waals surface area contributed by atoms with Gasteiger partial charge in [0.05, 0.1) is 0 Å². The maximum atomic E-state index is 3.26. The van der Waals surface area contributed by atoms with Gasteiger partial charge in [0.15, 0.2) is 0 Å². The third-order valence-corrected chi connectivity index (χ3v) is 1.51. The molecule has 0 aromatic carbocycles. The number of rotatable bonds is 2. The molecule has 7 heavy (non-hydrogen) atoms. The van der Waals surface area contributed by atoms with Crippen LogP contribution in [0.1, 0.15) is 26.2 Å². The van der Waals surface area contributed by atoms with Crippen molar-refractivity contribution in [2.45, 2.75) is 32.2 Å². The molecule has 1 aliphatic rings. The smallest absolute Gasteiger partial charge is 0.0192 e. The zero-order valence-electron chi connectivity index (χ0n) is 4.78. The fourth-order valence-corrected chi connectivity index (χ4v) is 0.811. The van der Waals surface area contributed by atoms with Gasteiger partial charge in [-0.15, -0.1) is 0 Å². The molecule has 0 atom stereocenters. The molecule has 1 fully saturated rings. The van der Waals surface area contributed by atoms with E-state index in [1.54, 1.807) is 0 Å². The molecule has 41 valence electrons. The summed E-state index contributed by atoms with van der Waals surface area (Å²) in [4.78, 5) is 0. The molecule has 1 aliphatic carbocycles. The maximum absolute atomic E-state index is 3.26. The molecule has 0 heterocycles. The molecule has 0 aromatic heterocycles. The van der Waals surface area contributed by atoms with Crippen LogP contribution in [0.4, 0.5) is 0 Å². The molecule has 0 aromatic rings. The Kier molecular flexibility index (Phi) is 1.69. The first-order valence-electron chi connectivity index (χ1n) is 2.97. The van der Waals surface area contributed by atoms with E-state index in [0.717, 1.165) is 6.04 Å². The van der Waals surface area contributed by atoms with Gasteiger partial charge < -0.3 is 5.32 Å². The summed E-state index contributed by atoms with van der Waals surface area (Å²) in [6, 6.07) is 0.824. The molecule has 0 saturated heterocycles. The molecule has 0 amide bonds. The molecule has 1 N–H and O–H groups in total. The molecule has 0 unspecified atom stereocenters. The van der Waals surface area contributed by atoms with Gasteiger partial charge in [-0.2, -0.15) is 0 Å². The monoisotopic (exact) mass is 98.1 g/mol. The quantitative estimate of drug-likeness (QED) is 0.549. The van der Waals surface area contributed by atoms with Crippen molar-refractivity contribution in [1.82, 2.24) is 5.32 Å². The van der Waals surface area contributed by atoms with Crippen molar-refractivity contribution in [3.8, 4) is 0 Å². The van der Waals surface area contributed by atoms with E-state index in [1.807, 2.05) is 13.5 Å². The summed E-state index contributed by atoms with van der Waals surface area (Å²) in [7, 11) is 0. The second kappa shape index (κ2) is 2.31. The molecule has 0 bridgehead atoms. The highest BCUT2D eigenvalue weighted by Crippen LogP contribution is 2.17. The fourth-order valence-electron chi connectivity index (χ4n) is 0.811. The highest BCUT2D eigenvalue weighted by molar-refractivity contribution is 4.77. The van der Waals surface area contributed by atoms with Crippen molar-refractivity contribution in [3.05, 3.63) is 6.54 Å². The third kappa shape index (κ3) is 1.16.